The molecule has 2 aromatic rings. The van der Waals surface area contributed by atoms with Crippen LogP contribution in [0.2, 0.25) is 0 Å². The first-order valence-corrected chi connectivity index (χ1v) is 7.35. The van der Waals surface area contributed by atoms with E-state index in [9.17, 15) is 0 Å². The van der Waals surface area contributed by atoms with Gasteiger partial charge in [0.05, 0.1) is 11.8 Å². The zero-order valence-corrected chi connectivity index (χ0v) is 12.1. The van der Waals surface area contributed by atoms with Gasteiger partial charge in [0.2, 0.25) is 0 Å². The Morgan fingerprint density at radius 2 is 1.95 bits per heavy atom. The number of fused-ring (bicyclic) bond motifs is 1. The van der Waals surface area contributed by atoms with Gasteiger partial charge in [0.25, 0.3) is 0 Å². The Balaban J connectivity index is 2.01. The van der Waals surface area contributed by atoms with Gasteiger partial charge in [-0.05, 0) is 39.5 Å². The van der Waals surface area contributed by atoms with Crippen LogP contribution in [0.25, 0.3) is 11.4 Å². The topological polar surface area (TPSA) is 69.6 Å². The van der Waals surface area contributed by atoms with Crippen molar-refractivity contribution < 1.29 is 0 Å². The molecular weight excluding hydrogens is 250 g/mol. The number of nitrogen functional groups attached to an aromatic ring is 1. The normalized spacial score (nSPS) is 15.2. The summed E-state index contributed by atoms with van der Waals surface area (Å²) in [5.41, 5.74) is 9.36. The van der Waals surface area contributed by atoms with E-state index in [1.165, 1.54) is 19.3 Å². The van der Waals surface area contributed by atoms with Gasteiger partial charge < -0.3 is 5.73 Å². The second-order valence-corrected chi connectivity index (χ2v) is 5.72. The van der Waals surface area contributed by atoms with E-state index in [4.69, 9.17) is 10.7 Å². The standard InChI is InChI=1S/C15H21N5/c1-10(2)20-9-11(8-17-20)15-18-13-7-5-3-4-6-12(13)14(16)19-15/h8-10H,3-7H2,1-2H3,(H2,16,18,19). The van der Waals surface area contributed by atoms with E-state index in [2.05, 4.69) is 23.9 Å². The van der Waals surface area contributed by atoms with Crippen molar-refractivity contribution >= 4 is 5.82 Å². The highest BCUT2D eigenvalue weighted by Crippen LogP contribution is 2.26. The molecule has 0 aromatic carbocycles. The third kappa shape index (κ3) is 2.40. The van der Waals surface area contributed by atoms with Crippen LogP contribution >= 0.6 is 0 Å². The number of rotatable bonds is 2. The summed E-state index contributed by atoms with van der Waals surface area (Å²) in [6, 6.07) is 0.335. The lowest BCUT2D eigenvalue weighted by molar-refractivity contribution is 0.532. The molecule has 1 aliphatic carbocycles. The average molecular weight is 271 g/mol. The van der Waals surface area contributed by atoms with Crippen LogP contribution in [0.5, 0.6) is 0 Å². The van der Waals surface area contributed by atoms with E-state index in [0.717, 1.165) is 29.7 Å². The van der Waals surface area contributed by atoms with Crippen molar-refractivity contribution in [2.75, 3.05) is 5.73 Å². The molecule has 0 unspecified atom stereocenters. The van der Waals surface area contributed by atoms with E-state index < -0.39 is 0 Å². The number of aromatic nitrogens is 4. The highest BCUT2D eigenvalue weighted by Gasteiger charge is 2.16. The Morgan fingerprint density at radius 1 is 1.15 bits per heavy atom. The first-order valence-electron chi connectivity index (χ1n) is 7.35. The van der Waals surface area contributed by atoms with E-state index in [1.54, 1.807) is 0 Å². The summed E-state index contributed by atoms with van der Waals surface area (Å²) < 4.78 is 1.92. The summed E-state index contributed by atoms with van der Waals surface area (Å²) in [4.78, 5) is 9.22. The van der Waals surface area contributed by atoms with E-state index in [1.807, 2.05) is 17.1 Å². The largest absolute Gasteiger partial charge is 0.383 e. The van der Waals surface area contributed by atoms with Gasteiger partial charge in [0.15, 0.2) is 5.82 Å². The summed E-state index contributed by atoms with van der Waals surface area (Å²) in [6.45, 7) is 4.20. The number of hydrogen-bond acceptors (Lipinski definition) is 4. The van der Waals surface area contributed by atoms with Gasteiger partial charge in [-0.1, -0.05) is 6.42 Å². The van der Waals surface area contributed by atoms with Crippen LogP contribution in [0, 0.1) is 0 Å². The highest BCUT2D eigenvalue weighted by molar-refractivity contribution is 5.57. The molecule has 2 heterocycles. The minimum absolute atomic E-state index is 0.335. The molecule has 0 saturated carbocycles. The lowest BCUT2D eigenvalue weighted by Gasteiger charge is -2.09. The fourth-order valence-electron chi connectivity index (χ4n) is 2.66. The van der Waals surface area contributed by atoms with Gasteiger partial charge in [-0.3, -0.25) is 4.68 Å². The Kier molecular flexibility index (Phi) is 3.42. The van der Waals surface area contributed by atoms with Gasteiger partial charge >= 0.3 is 0 Å². The zero-order chi connectivity index (χ0) is 14.1. The van der Waals surface area contributed by atoms with Crippen molar-refractivity contribution in [3.8, 4) is 11.4 Å². The van der Waals surface area contributed by atoms with E-state index >= 15 is 0 Å². The molecule has 3 rings (SSSR count). The molecule has 0 amide bonds. The molecule has 0 aliphatic heterocycles. The number of anilines is 1. The molecule has 1 aliphatic rings. The average Bonchev–Trinajstić information content (AvgIpc) is 2.79. The Labute approximate surface area is 119 Å². The number of nitrogens with two attached hydrogens (primary N) is 1. The summed E-state index contributed by atoms with van der Waals surface area (Å²) in [7, 11) is 0. The minimum Gasteiger partial charge on any atom is -0.383 e. The zero-order valence-electron chi connectivity index (χ0n) is 12.1. The van der Waals surface area contributed by atoms with Crippen LogP contribution in [0.15, 0.2) is 12.4 Å². The summed E-state index contributed by atoms with van der Waals surface area (Å²) in [6.07, 6.45) is 9.44. The molecule has 0 bridgehead atoms. The van der Waals surface area contributed by atoms with Crippen LogP contribution in [-0.4, -0.2) is 19.7 Å². The van der Waals surface area contributed by atoms with Crippen molar-refractivity contribution in [2.45, 2.75) is 52.0 Å². The van der Waals surface area contributed by atoms with Crippen molar-refractivity contribution in [3.05, 3.63) is 23.7 Å². The van der Waals surface area contributed by atoms with Crippen LogP contribution in [-0.2, 0) is 12.8 Å². The monoisotopic (exact) mass is 271 g/mol. The van der Waals surface area contributed by atoms with E-state index in [0.29, 0.717) is 17.7 Å². The first-order chi connectivity index (χ1) is 9.65. The molecule has 0 radical (unpaired) electrons. The fourth-order valence-corrected chi connectivity index (χ4v) is 2.66. The molecule has 106 valence electrons. The molecule has 0 atom stereocenters. The second-order valence-electron chi connectivity index (χ2n) is 5.72. The maximum absolute atomic E-state index is 6.14. The fraction of sp³-hybridized carbons (Fsp3) is 0.533. The van der Waals surface area contributed by atoms with Gasteiger partial charge in [-0.15, -0.1) is 0 Å². The van der Waals surface area contributed by atoms with Crippen LogP contribution in [0.1, 0.15) is 50.4 Å². The van der Waals surface area contributed by atoms with Crippen LogP contribution < -0.4 is 5.73 Å². The molecule has 5 heteroatoms. The maximum Gasteiger partial charge on any atom is 0.164 e. The number of hydrogen-bond donors (Lipinski definition) is 1. The summed E-state index contributed by atoms with van der Waals surface area (Å²) in [5.74, 6) is 1.35. The first kappa shape index (κ1) is 13.1. The van der Waals surface area contributed by atoms with Crippen LogP contribution in [0.3, 0.4) is 0 Å². The molecule has 0 spiro atoms. The van der Waals surface area contributed by atoms with Gasteiger partial charge in [-0.2, -0.15) is 5.10 Å². The van der Waals surface area contributed by atoms with Crippen molar-refractivity contribution in [1.29, 1.82) is 0 Å². The Bertz CT molecular complexity index is 615. The van der Waals surface area contributed by atoms with Gasteiger partial charge in [0, 0.05) is 23.5 Å². The Hall–Kier alpha value is -1.91. The summed E-state index contributed by atoms with van der Waals surface area (Å²) >= 11 is 0. The van der Waals surface area contributed by atoms with Crippen molar-refractivity contribution in [3.63, 3.8) is 0 Å². The summed E-state index contributed by atoms with van der Waals surface area (Å²) in [5, 5.41) is 4.35. The number of nitrogens with zero attached hydrogens (tertiary/aromatic N) is 4. The lowest BCUT2D eigenvalue weighted by Crippen LogP contribution is -2.06. The minimum atomic E-state index is 0.335. The second kappa shape index (κ2) is 5.23. The third-order valence-electron chi connectivity index (χ3n) is 3.85. The quantitative estimate of drug-likeness (QED) is 0.853. The SMILES string of the molecule is CC(C)n1cc(-c2nc(N)c3c(n2)CCCCC3)cn1. The molecule has 0 saturated heterocycles. The van der Waals surface area contributed by atoms with Crippen molar-refractivity contribution in [2.24, 2.45) is 0 Å². The molecule has 2 aromatic heterocycles. The van der Waals surface area contributed by atoms with E-state index in [-0.39, 0.29) is 0 Å². The van der Waals surface area contributed by atoms with Gasteiger partial charge in [-0.25, -0.2) is 9.97 Å². The van der Waals surface area contributed by atoms with Gasteiger partial charge in [0.1, 0.15) is 5.82 Å². The Morgan fingerprint density at radius 3 is 2.70 bits per heavy atom. The predicted molar refractivity (Wildman–Crippen MR) is 79.3 cm³/mol. The predicted octanol–water partition coefficient (Wildman–Crippen LogP) is 2.77. The third-order valence-corrected chi connectivity index (χ3v) is 3.85. The molecule has 2 N–H and O–H groups in total. The maximum atomic E-state index is 6.14. The molecule has 20 heavy (non-hydrogen) atoms. The molecular formula is C15H21N5. The smallest absolute Gasteiger partial charge is 0.164 e. The lowest BCUT2D eigenvalue weighted by atomic mass is 10.1. The van der Waals surface area contributed by atoms with Crippen molar-refractivity contribution in [1.82, 2.24) is 19.7 Å². The highest BCUT2D eigenvalue weighted by atomic mass is 15.3. The van der Waals surface area contributed by atoms with Crippen LogP contribution in [0.4, 0.5) is 5.82 Å². The number of aryl methyl sites for hydroxylation is 1. The molecule has 5 nitrogen and oxygen atoms in total. The molecule has 0 fully saturated rings.